The molecule has 1 atom stereocenters. The Hall–Kier alpha value is -2.36. The Balaban J connectivity index is 2.37. The van der Waals surface area contributed by atoms with Crippen molar-refractivity contribution in [3.8, 4) is 17.7 Å². The Morgan fingerprint density at radius 2 is 2.04 bits per heavy atom. The highest BCUT2D eigenvalue weighted by molar-refractivity contribution is 6.35. The van der Waals surface area contributed by atoms with E-state index in [0.717, 1.165) is 11.3 Å². The third kappa shape index (κ3) is 2.87. The summed E-state index contributed by atoms with van der Waals surface area (Å²) in [6, 6.07) is 5.45. The Kier molecular flexibility index (Phi) is 4.55. The number of nitrogens with one attached hydrogen (secondary N) is 1. The Labute approximate surface area is 161 Å². The van der Waals surface area contributed by atoms with E-state index in [-0.39, 0.29) is 16.9 Å². The molecule has 2 heterocycles. The van der Waals surface area contributed by atoms with Crippen LogP contribution in [0.4, 0.5) is 0 Å². The SMILES string of the molecule is COc1c(Cl)cc(Cl)cc1[C@@H]1C(C#N)=C(N)Oc2n[nH]c(C(C)(C)C)c21. The van der Waals surface area contributed by atoms with Gasteiger partial charge in [-0.25, -0.2) is 0 Å². The van der Waals surface area contributed by atoms with Crippen molar-refractivity contribution in [2.45, 2.75) is 32.1 Å². The van der Waals surface area contributed by atoms with Crippen LogP contribution in [0.1, 0.15) is 43.5 Å². The van der Waals surface area contributed by atoms with E-state index in [1.807, 2.05) is 20.8 Å². The molecule has 136 valence electrons. The number of ether oxygens (including phenoxy) is 2. The van der Waals surface area contributed by atoms with Crippen LogP contribution in [0.25, 0.3) is 0 Å². The lowest BCUT2D eigenvalue weighted by Gasteiger charge is -2.28. The number of hydrogen-bond donors (Lipinski definition) is 2. The van der Waals surface area contributed by atoms with Crippen LogP contribution >= 0.6 is 23.2 Å². The molecule has 3 rings (SSSR count). The molecule has 8 heteroatoms. The lowest BCUT2D eigenvalue weighted by molar-refractivity contribution is 0.374. The molecule has 0 bridgehead atoms. The molecule has 0 amide bonds. The van der Waals surface area contributed by atoms with E-state index in [0.29, 0.717) is 27.2 Å². The lowest BCUT2D eigenvalue weighted by atomic mass is 9.78. The number of hydrogen-bond acceptors (Lipinski definition) is 5. The largest absolute Gasteiger partial charge is 0.495 e. The molecule has 0 radical (unpaired) electrons. The number of benzene rings is 1. The van der Waals surface area contributed by atoms with Gasteiger partial charge in [-0.1, -0.05) is 44.0 Å². The van der Waals surface area contributed by atoms with Crippen LogP contribution in [0.15, 0.2) is 23.6 Å². The molecule has 0 spiro atoms. The number of methoxy groups -OCH3 is 1. The molecular weight excluding hydrogens is 375 g/mol. The van der Waals surface area contributed by atoms with Crippen molar-refractivity contribution in [2.75, 3.05) is 7.11 Å². The van der Waals surface area contributed by atoms with Crippen LogP contribution in [0.3, 0.4) is 0 Å². The van der Waals surface area contributed by atoms with E-state index in [4.69, 9.17) is 38.4 Å². The minimum Gasteiger partial charge on any atom is -0.495 e. The Morgan fingerprint density at radius 3 is 2.62 bits per heavy atom. The van der Waals surface area contributed by atoms with Crippen molar-refractivity contribution < 1.29 is 9.47 Å². The summed E-state index contributed by atoms with van der Waals surface area (Å²) in [6.45, 7) is 6.11. The topological polar surface area (TPSA) is 96.9 Å². The molecule has 1 aromatic carbocycles. The van der Waals surface area contributed by atoms with Crippen LogP contribution in [-0.4, -0.2) is 17.3 Å². The molecular formula is C18H18Cl2N4O2. The second-order valence-corrected chi connectivity index (χ2v) is 7.85. The molecule has 0 fully saturated rings. The fourth-order valence-electron chi connectivity index (χ4n) is 3.14. The number of aromatic amines is 1. The van der Waals surface area contributed by atoms with E-state index >= 15 is 0 Å². The summed E-state index contributed by atoms with van der Waals surface area (Å²) in [7, 11) is 1.51. The van der Waals surface area contributed by atoms with Crippen molar-refractivity contribution in [3.63, 3.8) is 0 Å². The van der Waals surface area contributed by atoms with Gasteiger partial charge in [-0.15, -0.1) is 5.10 Å². The molecule has 0 saturated heterocycles. The second kappa shape index (κ2) is 6.42. The molecule has 1 aromatic heterocycles. The first-order valence-corrected chi connectivity index (χ1v) is 8.63. The number of aromatic nitrogens is 2. The van der Waals surface area contributed by atoms with Gasteiger partial charge in [0, 0.05) is 21.7 Å². The fraction of sp³-hybridized carbons (Fsp3) is 0.333. The molecule has 0 saturated carbocycles. The molecule has 1 aliphatic rings. The van der Waals surface area contributed by atoms with Crippen molar-refractivity contribution in [1.82, 2.24) is 10.2 Å². The summed E-state index contributed by atoms with van der Waals surface area (Å²) < 4.78 is 11.1. The molecule has 3 N–H and O–H groups in total. The minimum absolute atomic E-state index is 0.00453. The lowest BCUT2D eigenvalue weighted by Crippen LogP contribution is -2.24. The normalized spacial score (nSPS) is 16.7. The van der Waals surface area contributed by atoms with Gasteiger partial charge in [-0.3, -0.25) is 5.10 Å². The number of allylic oxidation sites excluding steroid dienone is 1. The molecule has 26 heavy (non-hydrogen) atoms. The number of rotatable bonds is 2. The summed E-state index contributed by atoms with van der Waals surface area (Å²) in [5, 5.41) is 17.8. The third-order valence-electron chi connectivity index (χ3n) is 4.24. The van der Waals surface area contributed by atoms with Gasteiger partial charge in [0.05, 0.1) is 23.6 Å². The summed E-state index contributed by atoms with van der Waals surface area (Å²) in [5.41, 5.74) is 8.15. The van der Waals surface area contributed by atoms with Crippen molar-refractivity contribution >= 4 is 23.2 Å². The number of nitriles is 1. The summed E-state index contributed by atoms with van der Waals surface area (Å²) >= 11 is 12.5. The van der Waals surface area contributed by atoms with E-state index in [1.165, 1.54) is 7.11 Å². The van der Waals surface area contributed by atoms with Gasteiger partial charge in [0.25, 0.3) is 0 Å². The molecule has 2 aromatic rings. The Bertz CT molecular complexity index is 951. The van der Waals surface area contributed by atoms with Crippen LogP contribution in [0.5, 0.6) is 11.6 Å². The first kappa shape index (κ1) is 18.4. The highest BCUT2D eigenvalue weighted by Crippen LogP contribution is 2.49. The van der Waals surface area contributed by atoms with Gasteiger partial charge >= 0.3 is 0 Å². The van der Waals surface area contributed by atoms with Crippen LogP contribution in [-0.2, 0) is 5.41 Å². The van der Waals surface area contributed by atoms with E-state index in [2.05, 4.69) is 16.3 Å². The van der Waals surface area contributed by atoms with Gasteiger partial charge in [-0.05, 0) is 12.1 Å². The van der Waals surface area contributed by atoms with Crippen molar-refractivity contribution in [2.24, 2.45) is 5.73 Å². The van der Waals surface area contributed by atoms with Crippen LogP contribution in [0, 0.1) is 11.3 Å². The van der Waals surface area contributed by atoms with E-state index < -0.39 is 5.92 Å². The van der Waals surface area contributed by atoms with Gasteiger partial charge in [0.1, 0.15) is 17.4 Å². The summed E-state index contributed by atoms with van der Waals surface area (Å²) in [5.74, 6) is 0.183. The van der Waals surface area contributed by atoms with Crippen LogP contribution in [0.2, 0.25) is 10.0 Å². The zero-order chi connectivity index (χ0) is 19.2. The van der Waals surface area contributed by atoms with Gasteiger partial charge in [0.2, 0.25) is 11.8 Å². The van der Waals surface area contributed by atoms with Gasteiger partial charge in [-0.2, -0.15) is 5.26 Å². The average Bonchev–Trinajstić information content (AvgIpc) is 2.96. The van der Waals surface area contributed by atoms with E-state index in [9.17, 15) is 5.26 Å². The monoisotopic (exact) mass is 392 g/mol. The van der Waals surface area contributed by atoms with Gasteiger partial charge in [0.15, 0.2) is 0 Å². The number of nitrogens with zero attached hydrogens (tertiary/aromatic N) is 2. The number of halogens is 2. The number of fused-ring (bicyclic) bond motifs is 1. The molecule has 6 nitrogen and oxygen atoms in total. The third-order valence-corrected chi connectivity index (χ3v) is 4.74. The van der Waals surface area contributed by atoms with E-state index in [1.54, 1.807) is 12.1 Å². The predicted octanol–water partition coefficient (Wildman–Crippen LogP) is 4.24. The fourth-order valence-corrected chi connectivity index (χ4v) is 3.72. The van der Waals surface area contributed by atoms with Gasteiger partial charge < -0.3 is 15.2 Å². The average molecular weight is 393 g/mol. The number of H-pyrrole nitrogens is 1. The maximum absolute atomic E-state index is 9.75. The minimum atomic E-state index is -0.567. The molecule has 1 aliphatic heterocycles. The van der Waals surface area contributed by atoms with Crippen LogP contribution < -0.4 is 15.2 Å². The summed E-state index contributed by atoms with van der Waals surface area (Å²) in [6.07, 6.45) is 0. The first-order valence-electron chi connectivity index (χ1n) is 7.88. The quantitative estimate of drug-likeness (QED) is 0.796. The van der Waals surface area contributed by atoms with Crippen molar-refractivity contribution in [1.29, 1.82) is 5.26 Å². The maximum Gasteiger partial charge on any atom is 0.244 e. The zero-order valence-corrected chi connectivity index (χ0v) is 16.3. The number of nitrogens with two attached hydrogens (primary N) is 1. The second-order valence-electron chi connectivity index (χ2n) is 7.00. The zero-order valence-electron chi connectivity index (χ0n) is 14.8. The van der Waals surface area contributed by atoms with Crippen molar-refractivity contribution in [3.05, 3.63) is 50.5 Å². The molecule has 0 unspecified atom stereocenters. The predicted molar refractivity (Wildman–Crippen MR) is 99.6 cm³/mol. The Morgan fingerprint density at radius 1 is 1.35 bits per heavy atom. The maximum atomic E-state index is 9.75. The summed E-state index contributed by atoms with van der Waals surface area (Å²) in [4.78, 5) is 0. The standard InChI is InChI=1S/C18H18Cl2N4O2/c1-18(2,3)15-13-12(9-5-8(19)6-11(20)14(9)25-4)10(7-21)16(22)26-17(13)24-23-15/h5-6,12H,22H2,1-4H3,(H,23,24)/t12-/m1/s1. The highest BCUT2D eigenvalue weighted by atomic mass is 35.5. The first-order chi connectivity index (χ1) is 12.2. The smallest absolute Gasteiger partial charge is 0.244 e. The molecule has 0 aliphatic carbocycles. The highest BCUT2D eigenvalue weighted by Gasteiger charge is 2.39.